The molecule has 0 aliphatic carbocycles. The van der Waals surface area contributed by atoms with E-state index >= 15 is 0 Å². The first-order valence-corrected chi connectivity index (χ1v) is 6.56. The topological polar surface area (TPSA) is 47.9 Å². The highest BCUT2D eigenvalue weighted by Gasteiger charge is 2.25. The molecule has 0 aromatic heterocycles. The van der Waals surface area contributed by atoms with E-state index in [1.54, 1.807) is 20.3 Å². The number of benzene rings is 1. The van der Waals surface area contributed by atoms with E-state index < -0.39 is 6.10 Å². The summed E-state index contributed by atoms with van der Waals surface area (Å²) < 4.78 is 16.1. The number of aliphatic hydroxyl groups excluding tert-OH is 1. The fraction of sp³-hybridized carbons (Fsp3) is 0.600. The molecule has 1 N–H and O–H groups in total. The van der Waals surface area contributed by atoms with Gasteiger partial charge in [0.25, 0.3) is 0 Å². The fourth-order valence-electron chi connectivity index (χ4n) is 2.03. The van der Waals surface area contributed by atoms with Crippen molar-refractivity contribution in [2.24, 2.45) is 5.92 Å². The Morgan fingerprint density at radius 1 is 1.05 bits per heavy atom. The van der Waals surface area contributed by atoms with Gasteiger partial charge in [0.1, 0.15) is 17.6 Å². The Bertz CT molecular complexity index is 367. The van der Waals surface area contributed by atoms with E-state index in [0.29, 0.717) is 18.1 Å². The summed E-state index contributed by atoms with van der Waals surface area (Å²) in [6.45, 7) is 6.55. The summed E-state index contributed by atoms with van der Waals surface area (Å²) in [4.78, 5) is 0. The molecule has 4 nitrogen and oxygen atoms in total. The molecule has 1 aromatic carbocycles. The largest absolute Gasteiger partial charge is 0.497 e. The molecular formula is C15H24O4. The zero-order valence-corrected chi connectivity index (χ0v) is 12.3. The molecular weight excluding hydrogens is 244 g/mol. The predicted molar refractivity (Wildman–Crippen MR) is 74.8 cm³/mol. The normalized spacial score (nSPS) is 14.3. The summed E-state index contributed by atoms with van der Waals surface area (Å²) in [7, 11) is 3.18. The van der Waals surface area contributed by atoms with E-state index in [1.165, 1.54) is 0 Å². The Balaban J connectivity index is 3.05. The van der Waals surface area contributed by atoms with Crippen molar-refractivity contribution in [3.05, 3.63) is 23.8 Å². The second-order valence-corrected chi connectivity index (χ2v) is 4.75. The van der Waals surface area contributed by atoms with Crippen LogP contribution in [0.5, 0.6) is 11.5 Å². The standard InChI is InChI=1S/C15H24O4/c1-6-19-15(10(2)3)14(16)11-7-12(17-4)9-13(8-11)18-5/h7-10,14-16H,6H2,1-5H3. The van der Waals surface area contributed by atoms with Crippen LogP contribution in [0.3, 0.4) is 0 Å². The van der Waals surface area contributed by atoms with Crippen molar-refractivity contribution in [2.45, 2.75) is 33.0 Å². The molecule has 0 aliphatic heterocycles. The number of methoxy groups -OCH3 is 2. The van der Waals surface area contributed by atoms with Crippen molar-refractivity contribution in [3.63, 3.8) is 0 Å². The Morgan fingerprint density at radius 2 is 1.58 bits per heavy atom. The lowest BCUT2D eigenvalue weighted by atomic mass is 9.95. The quantitative estimate of drug-likeness (QED) is 0.826. The average Bonchev–Trinajstić information content (AvgIpc) is 2.42. The van der Waals surface area contributed by atoms with Gasteiger partial charge in [-0.05, 0) is 30.5 Å². The van der Waals surface area contributed by atoms with Crippen molar-refractivity contribution in [1.82, 2.24) is 0 Å². The monoisotopic (exact) mass is 268 g/mol. The number of aliphatic hydroxyl groups is 1. The van der Waals surface area contributed by atoms with E-state index in [1.807, 2.05) is 32.9 Å². The summed E-state index contributed by atoms with van der Waals surface area (Å²) in [5.74, 6) is 1.53. The van der Waals surface area contributed by atoms with Crippen molar-refractivity contribution in [1.29, 1.82) is 0 Å². The summed E-state index contributed by atoms with van der Waals surface area (Å²) in [5, 5.41) is 10.5. The SMILES string of the molecule is CCOC(C(C)C)C(O)c1cc(OC)cc(OC)c1. The lowest BCUT2D eigenvalue weighted by molar-refractivity contribution is -0.0586. The molecule has 2 unspecified atom stereocenters. The molecule has 0 fully saturated rings. The van der Waals surface area contributed by atoms with Crippen LogP contribution in [0.15, 0.2) is 18.2 Å². The van der Waals surface area contributed by atoms with Gasteiger partial charge in [-0.25, -0.2) is 0 Å². The minimum absolute atomic E-state index is 0.215. The Hall–Kier alpha value is -1.26. The minimum atomic E-state index is -0.705. The van der Waals surface area contributed by atoms with Crippen LogP contribution in [0.1, 0.15) is 32.4 Å². The molecule has 0 saturated heterocycles. The van der Waals surface area contributed by atoms with Crippen molar-refractivity contribution in [2.75, 3.05) is 20.8 Å². The van der Waals surface area contributed by atoms with Crippen molar-refractivity contribution < 1.29 is 19.3 Å². The molecule has 0 saturated carbocycles. The van der Waals surface area contributed by atoms with Gasteiger partial charge in [-0.15, -0.1) is 0 Å². The molecule has 108 valence electrons. The summed E-state index contributed by atoms with van der Waals surface area (Å²) in [6.07, 6.45) is -0.953. The maximum atomic E-state index is 10.5. The van der Waals surface area contributed by atoms with E-state index in [9.17, 15) is 5.11 Å². The van der Waals surface area contributed by atoms with E-state index in [2.05, 4.69) is 0 Å². The van der Waals surface area contributed by atoms with E-state index in [4.69, 9.17) is 14.2 Å². The average molecular weight is 268 g/mol. The van der Waals surface area contributed by atoms with Gasteiger partial charge in [0.2, 0.25) is 0 Å². The smallest absolute Gasteiger partial charge is 0.122 e. The first kappa shape index (κ1) is 15.8. The maximum Gasteiger partial charge on any atom is 0.122 e. The van der Waals surface area contributed by atoms with Crippen LogP contribution in [0.2, 0.25) is 0 Å². The van der Waals surface area contributed by atoms with Gasteiger partial charge >= 0.3 is 0 Å². The molecule has 0 radical (unpaired) electrons. The fourth-order valence-corrected chi connectivity index (χ4v) is 2.03. The van der Waals surface area contributed by atoms with Crippen LogP contribution < -0.4 is 9.47 Å². The minimum Gasteiger partial charge on any atom is -0.497 e. The van der Waals surface area contributed by atoms with Crippen LogP contribution in [-0.2, 0) is 4.74 Å². The van der Waals surface area contributed by atoms with E-state index in [-0.39, 0.29) is 12.0 Å². The maximum absolute atomic E-state index is 10.5. The molecule has 0 aliphatic rings. The van der Waals surface area contributed by atoms with Crippen LogP contribution in [0, 0.1) is 5.92 Å². The molecule has 0 spiro atoms. The molecule has 1 aromatic rings. The highest BCUT2D eigenvalue weighted by molar-refractivity contribution is 5.39. The zero-order valence-electron chi connectivity index (χ0n) is 12.3. The number of ether oxygens (including phenoxy) is 3. The third-order valence-electron chi connectivity index (χ3n) is 3.04. The molecule has 0 bridgehead atoms. The number of hydrogen-bond acceptors (Lipinski definition) is 4. The molecule has 0 heterocycles. The Kier molecular flexibility index (Phi) is 6.12. The first-order valence-electron chi connectivity index (χ1n) is 6.56. The third-order valence-corrected chi connectivity index (χ3v) is 3.04. The lowest BCUT2D eigenvalue weighted by Gasteiger charge is -2.27. The van der Waals surface area contributed by atoms with Gasteiger partial charge in [0.15, 0.2) is 0 Å². The summed E-state index contributed by atoms with van der Waals surface area (Å²) in [6, 6.07) is 5.39. The van der Waals surface area contributed by atoms with Gasteiger partial charge in [0.05, 0.1) is 20.3 Å². The van der Waals surface area contributed by atoms with Gasteiger partial charge in [-0.1, -0.05) is 13.8 Å². The van der Waals surface area contributed by atoms with Gasteiger partial charge in [-0.2, -0.15) is 0 Å². The summed E-state index contributed by atoms with van der Waals surface area (Å²) in [5.41, 5.74) is 0.739. The zero-order chi connectivity index (χ0) is 14.4. The molecule has 1 rings (SSSR count). The highest BCUT2D eigenvalue weighted by atomic mass is 16.5. The third kappa shape index (κ3) is 4.11. The van der Waals surface area contributed by atoms with Crippen molar-refractivity contribution in [3.8, 4) is 11.5 Å². The van der Waals surface area contributed by atoms with E-state index in [0.717, 1.165) is 5.56 Å². The molecule has 4 heteroatoms. The van der Waals surface area contributed by atoms with Crippen LogP contribution in [0.25, 0.3) is 0 Å². The van der Waals surface area contributed by atoms with Gasteiger partial charge < -0.3 is 19.3 Å². The predicted octanol–water partition coefficient (Wildman–Crippen LogP) is 2.80. The van der Waals surface area contributed by atoms with Crippen LogP contribution in [-0.4, -0.2) is 32.0 Å². The highest BCUT2D eigenvalue weighted by Crippen LogP contribution is 2.31. The Labute approximate surface area is 115 Å². The first-order chi connectivity index (χ1) is 9.03. The second kappa shape index (κ2) is 7.36. The second-order valence-electron chi connectivity index (χ2n) is 4.75. The van der Waals surface area contributed by atoms with Crippen molar-refractivity contribution >= 4 is 0 Å². The number of hydrogen-bond donors (Lipinski definition) is 1. The van der Waals surface area contributed by atoms with Crippen LogP contribution >= 0.6 is 0 Å². The number of rotatable bonds is 7. The Morgan fingerprint density at radius 3 is 1.95 bits per heavy atom. The molecule has 2 atom stereocenters. The van der Waals surface area contributed by atoms with Crippen LogP contribution in [0.4, 0.5) is 0 Å². The molecule has 0 amide bonds. The molecule has 19 heavy (non-hydrogen) atoms. The van der Waals surface area contributed by atoms with Gasteiger partial charge in [0, 0.05) is 12.7 Å². The van der Waals surface area contributed by atoms with Gasteiger partial charge in [-0.3, -0.25) is 0 Å². The summed E-state index contributed by atoms with van der Waals surface area (Å²) >= 11 is 0. The lowest BCUT2D eigenvalue weighted by Crippen LogP contribution is -2.27.